The molecular weight excluding hydrogens is 347 g/mol. The van der Waals surface area contributed by atoms with E-state index in [-0.39, 0.29) is 17.6 Å². The van der Waals surface area contributed by atoms with Crippen molar-refractivity contribution in [2.24, 2.45) is 0 Å². The van der Waals surface area contributed by atoms with Crippen molar-refractivity contribution in [3.8, 4) is 5.82 Å². The number of nitrogens with zero attached hydrogens (tertiary/aromatic N) is 4. The Balaban J connectivity index is 2.39. The number of hydrogen-bond donors (Lipinski definition) is 1. The molecule has 2 heterocycles. The summed E-state index contributed by atoms with van der Waals surface area (Å²) < 4.78 is 39.6. The first kappa shape index (κ1) is 19.9. The lowest BCUT2D eigenvalue weighted by molar-refractivity contribution is -0.137. The minimum absolute atomic E-state index is 0.0711. The third-order valence-electron chi connectivity index (χ3n) is 3.92. The molecule has 142 valence electrons. The van der Waals surface area contributed by atoms with Crippen LogP contribution in [0.3, 0.4) is 0 Å². The van der Waals surface area contributed by atoms with Gasteiger partial charge in [-0.1, -0.05) is 13.8 Å². The molecule has 1 amide bonds. The molecule has 0 atom stereocenters. The summed E-state index contributed by atoms with van der Waals surface area (Å²) >= 11 is 0. The van der Waals surface area contributed by atoms with E-state index in [4.69, 9.17) is 0 Å². The monoisotopic (exact) mass is 369 g/mol. The van der Waals surface area contributed by atoms with Crippen LogP contribution in [0.2, 0.25) is 0 Å². The molecule has 0 aromatic carbocycles. The van der Waals surface area contributed by atoms with Gasteiger partial charge in [-0.25, -0.2) is 9.67 Å². The lowest BCUT2D eigenvalue weighted by Crippen LogP contribution is -2.33. The number of aromatic nitrogens is 3. The molecule has 0 aliphatic rings. The highest BCUT2D eigenvalue weighted by Gasteiger charge is 2.31. The molecule has 0 aliphatic carbocycles. The average molecular weight is 369 g/mol. The van der Waals surface area contributed by atoms with Crippen LogP contribution in [-0.4, -0.2) is 52.8 Å². The molecule has 2 aromatic heterocycles. The van der Waals surface area contributed by atoms with Crippen molar-refractivity contribution in [3.63, 3.8) is 0 Å². The Bertz CT molecular complexity index is 753. The number of nitrogens with one attached hydrogen (secondary N) is 1. The Morgan fingerprint density at radius 1 is 1.31 bits per heavy atom. The number of carbonyl (C=O) groups excluding carboxylic acids is 1. The molecule has 6 nitrogen and oxygen atoms in total. The van der Waals surface area contributed by atoms with E-state index in [2.05, 4.69) is 15.4 Å². The van der Waals surface area contributed by atoms with E-state index in [1.54, 1.807) is 19.0 Å². The molecule has 0 unspecified atom stereocenters. The second-order valence-corrected chi connectivity index (χ2v) is 6.24. The van der Waals surface area contributed by atoms with E-state index < -0.39 is 11.7 Å². The largest absolute Gasteiger partial charge is 0.417 e. The van der Waals surface area contributed by atoms with Crippen LogP contribution in [0.5, 0.6) is 0 Å². The maximum absolute atomic E-state index is 12.7. The van der Waals surface area contributed by atoms with E-state index in [1.807, 2.05) is 13.8 Å². The quantitative estimate of drug-likeness (QED) is 0.850. The van der Waals surface area contributed by atoms with Crippen LogP contribution >= 0.6 is 0 Å². The summed E-state index contributed by atoms with van der Waals surface area (Å²) in [6.07, 6.45) is -2.25. The number of halogens is 3. The van der Waals surface area contributed by atoms with Gasteiger partial charge in [-0.05, 0) is 25.1 Å². The molecule has 9 heteroatoms. The summed E-state index contributed by atoms with van der Waals surface area (Å²) in [5, 5.41) is 7.17. The predicted octanol–water partition coefficient (Wildman–Crippen LogP) is 2.70. The van der Waals surface area contributed by atoms with Crippen molar-refractivity contribution in [3.05, 3.63) is 41.3 Å². The summed E-state index contributed by atoms with van der Waals surface area (Å²) in [7, 11) is 3.49. The van der Waals surface area contributed by atoms with Crippen molar-refractivity contribution >= 4 is 5.91 Å². The zero-order chi connectivity index (χ0) is 19.5. The first-order valence-electron chi connectivity index (χ1n) is 8.18. The molecular formula is C17H22F3N5O. The number of rotatable bonds is 6. The molecule has 2 aromatic rings. The summed E-state index contributed by atoms with van der Waals surface area (Å²) in [5.41, 5.74) is 0.196. The first-order chi connectivity index (χ1) is 12.2. The molecule has 0 spiro atoms. The fourth-order valence-corrected chi connectivity index (χ4v) is 2.53. The predicted molar refractivity (Wildman–Crippen MR) is 91.3 cm³/mol. The van der Waals surface area contributed by atoms with Gasteiger partial charge in [0, 0.05) is 26.3 Å². The Kier molecular flexibility index (Phi) is 6.01. The van der Waals surface area contributed by atoms with Crippen molar-refractivity contribution in [1.29, 1.82) is 0 Å². The molecule has 0 bridgehead atoms. The number of likely N-dealkylation sites (N-methyl/N-ethyl adjacent to an activating group) is 2. The number of amides is 1. The van der Waals surface area contributed by atoms with Crippen molar-refractivity contribution in [2.75, 3.05) is 27.2 Å². The highest BCUT2D eigenvalue weighted by molar-refractivity contribution is 5.95. The van der Waals surface area contributed by atoms with Gasteiger partial charge >= 0.3 is 6.18 Å². The maximum Gasteiger partial charge on any atom is 0.417 e. The SMILES string of the molecule is CNCCN(C)C(=O)c1cnn(-c2ccc(C(F)(F)F)cn2)c1C(C)C. The Morgan fingerprint density at radius 2 is 2.00 bits per heavy atom. The van der Waals surface area contributed by atoms with Gasteiger partial charge in [0.05, 0.1) is 23.0 Å². The van der Waals surface area contributed by atoms with Gasteiger partial charge in [0.1, 0.15) is 0 Å². The molecule has 0 fully saturated rings. The van der Waals surface area contributed by atoms with Crippen molar-refractivity contribution in [1.82, 2.24) is 25.0 Å². The number of alkyl halides is 3. The van der Waals surface area contributed by atoms with Crippen LogP contribution in [0.15, 0.2) is 24.5 Å². The minimum Gasteiger partial charge on any atom is -0.340 e. The van der Waals surface area contributed by atoms with Gasteiger partial charge in [-0.2, -0.15) is 18.3 Å². The third-order valence-corrected chi connectivity index (χ3v) is 3.92. The van der Waals surface area contributed by atoms with Crippen LogP contribution in [0.4, 0.5) is 13.2 Å². The lowest BCUT2D eigenvalue weighted by Gasteiger charge is -2.18. The van der Waals surface area contributed by atoms with Crippen LogP contribution in [0, 0.1) is 0 Å². The standard InChI is InChI=1S/C17H22F3N5O/c1-11(2)15-13(16(26)24(4)8-7-21-3)10-23-25(15)14-6-5-12(9-22-14)17(18,19)20/h5-6,9-11,21H,7-8H2,1-4H3. The van der Waals surface area contributed by atoms with E-state index in [0.29, 0.717) is 24.3 Å². The highest BCUT2D eigenvalue weighted by Crippen LogP contribution is 2.29. The summed E-state index contributed by atoms with van der Waals surface area (Å²) in [5.74, 6) is -0.0287. The van der Waals surface area contributed by atoms with Crippen LogP contribution in [0.1, 0.15) is 41.4 Å². The van der Waals surface area contributed by atoms with E-state index in [9.17, 15) is 18.0 Å². The number of pyridine rings is 1. The highest BCUT2D eigenvalue weighted by atomic mass is 19.4. The maximum atomic E-state index is 12.7. The molecule has 0 radical (unpaired) electrons. The Labute approximate surface area is 150 Å². The van der Waals surface area contributed by atoms with Crippen molar-refractivity contribution < 1.29 is 18.0 Å². The van der Waals surface area contributed by atoms with Gasteiger partial charge in [-0.15, -0.1) is 0 Å². The summed E-state index contributed by atoms with van der Waals surface area (Å²) in [4.78, 5) is 18.1. The molecule has 2 rings (SSSR count). The topological polar surface area (TPSA) is 63.1 Å². The fraction of sp³-hybridized carbons (Fsp3) is 0.471. The Hall–Kier alpha value is -2.42. The van der Waals surface area contributed by atoms with Crippen LogP contribution in [-0.2, 0) is 6.18 Å². The number of hydrogen-bond acceptors (Lipinski definition) is 4. The van der Waals surface area contributed by atoms with Gasteiger partial charge in [0.2, 0.25) is 0 Å². The average Bonchev–Trinajstić information content (AvgIpc) is 3.03. The molecule has 0 saturated heterocycles. The molecule has 1 N–H and O–H groups in total. The van der Waals surface area contributed by atoms with E-state index >= 15 is 0 Å². The van der Waals surface area contributed by atoms with Crippen LogP contribution < -0.4 is 5.32 Å². The molecule has 0 saturated carbocycles. The van der Waals surface area contributed by atoms with E-state index in [0.717, 1.165) is 12.3 Å². The van der Waals surface area contributed by atoms with E-state index in [1.165, 1.54) is 16.9 Å². The molecule has 0 aliphatic heterocycles. The zero-order valence-electron chi connectivity index (χ0n) is 15.1. The van der Waals surface area contributed by atoms with Gasteiger partial charge in [0.25, 0.3) is 5.91 Å². The number of carbonyl (C=O) groups is 1. The fourth-order valence-electron chi connectivity index (χ4n) is 2.53. The van der Waals surface area contributed by atoms with Gasteiger partial charge < -0.3 is 10.2 Å². The smallest absolute Gasteiger partial charge is 0.340 e. The summed E-state index contributed by atoms with van der Waals surface area (Å²) in [6.45, 7) is 4.95. The van der Waals surface area contributed by atoms with Crippen LogP contribution in [0.25, 0.3) is 5.82 Å². The summed E-state index contributed by atoms with van der Waals surface area (Å²) in [6, 6.07) is 2.20. The second kappa shape index (κ2) is 7.86. The first-order valence-corrected chi connectivity index (χ1v) is 8.18. The molecule has 26 heavy (non-hydrogen) atoms. The lowest BCUT2D eigenvalue weighted by atomic mass is 10.0. The van der Waals surface area contributed by atoms with Crippen molar-refractivity contribution in [2.45, 2.75) is 25.9 Å². The zero-order valence-corrected chi connectivity index (χ0v) is 15.1. The normalized spacial score (nSPS) is 11.8. The third kappa shape index (κ3) is 4.21. The van der Waals surface area contributed by atoms with Gasteiger partial charge in [-0.3, -0.25) is 4.79 Å². The minimum atomic E-state index is -4.45. The Morgan fingerprint density at radius 3 is 2.50 bits per heavy atom. The van der Waals surface area contributed by atoms with Gasteiger partial charge in [0.15, 0.2) is 5.82 Å². The second-order valence-electron chi connectivity index (χ2n) is 6.24.